The van der Waals surface area contributed by atoms with Gasteiger partial charge in [-0.3, -0.25) is 4.79 Å². The van der Waals surface area contributed by atoms with Crippen LogP contribution in [0.2, 0.25) is 0 Å². The monoisotopic (exact) mass is 382 g/mol. The summed E-state index contributed by atoms with van der Waals surface area (Å²) in [4.78, 5) is 11.1. The van der Waals surface area contributed by atoms with Crippen molar-refractivity contribution in [2.24, 2.45) is 0 Å². The lowest BCUT2D eigenvalue weighted by molar-refractivity contribution is -0.159. The van der Waals surface area contributed by atoms with Crippen molar-refractivity contribution in [1.82, 2.24) is 0 Å². The van der Waals surface area contributed by atoms with Crippen LogP contribution in [-0.2, 0) is 25.6 Å². The van der Waals surface area contributed by atoms with Crippen LogP contribution in [0.1, 0.15) is 30.4 Å². The van der Waals surface area contributed by atoms with Gasteiger partial charge in [-0.05, 0) is 11.1 Å². The Morgan fingerprint density at radius 3 is 2.50 bits per heavy atom. The third-order valence-electron chi connectivity index (χ3n) is 4.59. The maximum absolute atomic E-state index is 11.1. The molecule has 1 N–H and O–H groups in total. The highest BCUT2D eigenvalue weighted by Crippen LogP contribution is 2.25. The van der Waals surface area contributed by atoms with Gasteiger partial charge in [0, 0.05) is 12.8 Å². The quantitative estimate of drug-likeness (QED) is 0.518. The fourth-order valence-corrected chi connectivity index (χ4v) is 3.25. The Morgan fingerprint density at radius 1 is 1.07 bits per heavy atom. The largest absolute Gasteiger partial charge is 0.481 e. The number of carboxylic acids is 1. The van der Waals surface area contributed by atoms with Crippen molar-refractivity contribution in [3.05, 3.63) is 77.9 Å². The zero-order valence-corrected chi connectivity index (χ0v) is 15.8. The minimum Gasteiger partial charge on any atom is -0.481 e. The number of ether oxygens (including phenoxy) is 3. The lowest BCUT2D eigenvalue weighted by atomic mass is 9.98. The van der Waals surface area contributed by atoms with Crippen LogP contribution in [0.5, 0.6) is 0 Å². The molecule has 0 spiro atoms. The zero-order valence-electron chi connectivity index (χ0n) is 15.8. The van der Waals surface area contributed by atoms with Crippen molar-refractivity contribution in [3.63, 3.8) is 0 Å². The lowest BCUT2D eigenvalue weighted by Crippen LogP contribution is -2.37. The molecule has 2 aromatic rings. The first kappa shape index (κ1) is 20.3. The zero-order chi connectivity index (χ0) is 19.6. The van der Waals surface area contributed by atoms with E-state index in [4.69, 9.17) is 19.3 Å². The predicted molar refractivity (Wildman–Crippen MR) is 107 cm³/mol. The van der Waals surface area contributed by atoms with E-state index in [1.165, 1.54) is 0 Å². The second-order valence-corrected chi connectivity index (χ2v) is 6.88. The summed E-state index contributed by atoms with van der Waals surface area (Å²) in [6, 6.07) is 19.9. The first-order chi connectivity index (χ1) is 13.7. The van der Waals surface area contributed by atoms with Gasteiger partial charge in [-0.2, -0.15) is 0 Å². The van der Waals surface area contributed by atoms with Crippen LogP contribution >= 0.6 is 0 Å². The number of carboxylic acid groups (broad SMARTS) is 1. The van der Waals surface area contributed by atoms with Gasteiger partial charge in [0.05, 0.1) is 31.3 Å². The highest BCUT2D eigenvalue weighted by atomic mass is 16.7. The molecule has 0 radical (unpaired) electrons. The highest BCUT2D eigenvalue weighted by Gasteiger charge is 2.30. The molecule has 28 heavy (non-hydrogen) atoms. The van der Waals surface area contributed by atoms with E-state index in [2.05, 4.69) is 0 Å². The number of hydrogen-bond acceptors (Lipinski definition) is 4. The third-order valence-corrected chi connectivity index (χ3v) is 4.59. The summed E-state index contributed by atoms with van der Waals surface area (Å²) >= 11 is 0. The van der Waals surface area contributed by atoms with Gasteiger partial charge in [0.1, 0.15) is 6.79 Å². The first-order valence-electron chi connectivity index (χ1n) is 9.53. The maximum atomic E-state index is 11.1. The highest BCUT2D eigenvalue weighted by molar-refractivity contribution is 5.67. The number of benzene rings is 2. The van der Waals surface area contributed by atoms with E-state index in [9.17, 15) is 4.79 Å². The van der Waals surface area contributed by atoms with Crippen molar-refractivity contribution < 1.29 is 24.1 Å². The average Bonchev–Trinajstić information content (AvgIpc) is 2.71. The summed E-state index contributed by atoms with van der Waals surface area (Å²) in [5.41, 5.74) is 2.17. The van der Waals surface area contributed by atoms with Gasteiger partial charge in [-0.15, -0.1) is 0 Å². The summed E-state index contributed by atoms with van der Waals surface area (Å²) in [6.07, 6.45) is 4.53. The normalized spacial score (nSPS) is 22.4. The van der Waals surface area contributed by atoms with Crippen molar-refractivity contribution in [3.8, 4) is 0 Å². The predicted octanol–water partition coefficient (Wildman–Crippen LogP) is 4.28. The van der Waals surface area contributed by atoms with Gasteiger partial charge in [0.2, 0.25) is 0 Å². The second kappa shape index (κ2) is 10.8. The van der Waals surface area contributed by atoms with E-state index in [0.717, 1.165) is 11.1 Å². The molecule has 1 aliphatic heterocycles. The molecular formula is C23H26O5. The Kier molecular flexibility index (Phi) is 7.79. The van der Waals surface area contributed by atoms with Crippen molar-refractivity contribution in [2.45, 2.75) is 44.2 Å². The Balaban J connectivity index is 1.52. The van der Waals surface area contributed by atoms with Crippen LogP contribution in [0.25, 0.3) is 6.08 Å². The second-order valence-electron chi connectivity index (χ2n) is 6.88. The van der Waals surface area contributed by atoms with Gasteiger partial charge in [-0.25, -0.2) is 0 Å². The molecule has 1 fully saturated rings. The van der Waals surface area contributed by atoms with E-state index >= 15 is 0 Å². The van der Waals surface area contributed by atoms with Crippen LogP contribution in [0, 0.1) is 0 Å². The Labute approximate surface area is 165 Å². The van der Waals surface area contributed by atoms with Crippen molar-refractivity contribution in [1.29, 1.82) is 0 Å². The number of hydrogen-bond donors (Lipinski definition) is 1. The Bertz CT molecular complexity index is 744. The number of aliphatic carboxylic acids is 1. The molecule has 0 aliphatic carbocycles. The lowest BCUT2D eigenvalue weighted by Gasteiger charge is -2.33. The standard InChI is InChI=1S/C23H26O5/c24-23(25)15-22-14-21(27-17-26-16-19-9-5-2-6-10-19)13-20(28-22)12-11-18-7-3-1-4-8-18/h1-12,20-22H,13-17H2,(H,24,25)/b12-11+/t20-,21+,22-/m1/s1. The SMILES string of the molecule is O=C(O)C[C@H]1C[C@@H](OCOCc2ccccc2)C[C@@H](/C=C/c2ccccc2)O1. The molecule has 0 unspecified atom stereocenters. The summed E-state index contributed by atoms with van der Waals surface area (Å²) in [5.74, 6) is -0.864. The molecule has 1 heterocycles. The van der Waals surface area contributed by atoms with E-state index in [-0.39, 0.29) is 31.5 Å². The fourth-order valence-electron chi connectivity index (χ4n) is 3.25. The topological polar surface area (TPSA) is 65.0 Å². The van der Waals surface area contributed by atoms with E-state index in [1.807, 2.05) is 72.8 Å². The molecule has 3 atom stereocenters. The average molecular weight is 382 g/mol. The molecule has 1 saturated heterocycles. The van der Waals surface area contributed by atoms with E-state index < -0.39 is 5.97 Å². The minimum atomic E-state index is -0.864. The van der Waals surface area contributed by atoms with Crippen molar-refractivity contribution in [2.75, 3.05) is 6.79 Å². The molecule has 2 aromatic carbocycles. The molecular weight excluding hydrogens is 356 g/mol. The molecule has 3 rings (SSSR count). The summed E-state index contributed by atoms with van der Waals surface area (Å²) < 4.78 is 17.4. The minimum absolute atomic E-state index is 0.0274. The molecule has 0 bridgehead atoms. The Morgan fingerprint density at radius 2 is 1.79 bits per heavy atom. The van der Waals surface area contributed by atoms with Gasteiger partial charge < -0.3 is 19.3 Å². The van der Waals surface area contributed by atoms with Gasteiger partial charge >= 0.3 is 5.97 Å². The summed E-state index contributed by atoms with van der Waals surface area (Å²) in [6.45, 7) is 0.661. The van der Waals surface area contributed by atoms with E-state index in [1.54, 1.807) is 0 Å². The number of rotatable bonds is 9. The molecule has 0 saturated carbocycles. The summed E-state index contributed by atoms with van der Waals surface area (Å²) in [5, 5.41) is 9.12. The molecule has 1 aliphatic rings. The van der Waals surface area contributed by atoms with Crippen LogP contribution in [0.15, 0.2) is 66.7 Å². The van der Waals surface area contributed by atoms with Crippen LogP contribution in [0.3, 0.4) is 0 Å². The maximum Gasteiger partial charge on any atom is 0.305 e. The van der Waals surface area contributed by atoms with Crippen LogP contribution < -0.4 is 0 Å². The Hall–Kier alpha value is -2.47. The molecule has 5 nitrogen and oxygen atoms in total. The van der Waals surface area contributed by atoms with Crippen LogP contribution in [0.4, 0.5) is 0 Å². The summed E-state index contributed by atoms with van der Waals surface area (Å²) in [7, 11) is 0. The smallest absolute Gasteiger partial charge is 0.305 e. The van der Waals surface area contributed by atoms with Crippen LogP contribution in [-0.4, -0.2) is 36.2 Å². The number of carbonyl (C=O) groups is 1. The molecule has 5 heteroatoms. The molecule has 0 amide bonds. The fraction of sp³-hybridized carbons (Fsp3) is 0.348. The third kappa shape index (κ3) is 6.93. The van der Waals surface area contributed by atoms with Gasteiger partial charge in [0.25, 0.3) is 0 Å². The van der Waals surface area contributed by atoms with Gasteiger partial charge in [0.15, 0.2) is 0 Å². The molecule has 148 valence electrons. The van der Waals surface area contributed by atoms with E-state index in [0.29, 0.717) is 19.4 Å². The van der Waals surface area contributed by atoms with Crippen molar-refractivity contribution >= 4 is 12.0 Å². The first-order valence-corrected chi connectivity index (χ1v) is 9.53. The molecule has 0 aromatic heterocycles. The van der Waals surface area contributed by atoms with Gasteiger partial charge in [-0.1, -0.05) is 72.8 Å².